The molecule has 0 radical (unpaired) electrons. The molecule has 1 aliphatic carbocycles. The molecule has 1 aromatic heterocycles. The van der Waals surface area contributed by atoms with Crippen molar-refractivity contribution < 1.29 is 9.53 Å². The number of methoxy groups -OCH3 is 1. The third-order valence-corrected chi connectivity index (χ3v) is 3.91. The highest BCUT2D eigenvalue weighted by molar-refractivity contribution is 14.1. The molecule has 0 unspecified atom stereocenters. The number of halogens is 1. The summed E-state index contributed by atoms with van der Waals surface area (Å²) in [6.45, 7) is 0. The number of benzene rings is 1. The summed E-state index contributed by atoms with van der Waals surface area (Å²) in [5, 5.41) is 1.13. The molecular weight excluding hydrogens is 317 g/mol. The summed E-state index contributed by atoms with van der Waals surface area (Å²) in [5.41, 5.74) is 3.00. The van der Waals surface area contributed by atoms with Crippen LogP contribution in [0.15, 0.2) is 12.1 Å². The van der Waals surface area contributed by atoms with Crippen molar-refractivity contribution in [3.63, 3.8) is 0 Å². The van der Waals surface area contributed by atoms with Gasteiger partial charge in [0.15, 0.2) is 5.78 Å². The van der Waals surface area contributed by atoms with Crippen LogP contribution < -0.4 is 4.74 Å². The van der Waals surface area contributed by atoms with Crippen LogP contribution in [0.5, 0.6) is 5.75 Å². The second-order valence-electron chi connectivity index (χ2n) is 3.93. The Kier molecular flexibility index (Phi) is 2.20. The van der Waals surface area contributed by atoms with Crippen LogP contribution in [0, 0.1) is 3.57 Å². The number of Topliss-reactive ketones (excluding diaryl/α,β-unsaturated/α-hetero) is 1. The lowest BCUT2D eigenvalue weighted by Crippen LogP contribution is -1.91. The lowest BCUT2D eigenvalue weighted by Gasteiger charge is -2.02. The van der Waals surface area contributed by atoms with E-state index in [0.717, 1.165) is 37.9 Å². The molecule has 3 nitrogen and oxygen atoms in total. The Hall–Kier alpha value is -1.04. The molecule has 0 saturated heterocycles. The average molecular weight is 327 g/mol. The van der Waals surface area contributed by atoms with Gasteiger partial charge < -0.3 is 9.72 Å². The third-order valence-electron chi connectivity index (χ3n) is 3.06. The zero-order chi connectivity index (χ0) is 11.3. The summed E-state index contributed by atoms with van der Waals surface area (Å²) in [5.74, 6) is 1.07. The molecule has 0 bridgehead atoms. The van der Waals surface area contributed by atoms with Gasteiger partial charge in [-0.1, -0.05) is 0 Å². The number of carbonyl (C=O) groups is 1. The Labute approximate surface area is 106 Å². The van der Waals surface area contributed by atoms with Gasteiger partial charge in [-0.25, -0.2) is 0 Å². The molecule has 2 aromatic rings. The molecule has 4 heteroatoms. The first-order chi connectivity index (χ1) is 7.70. The first-order valence-electron chi connectivity index (χ1n) is 5.12. The number of aromatic nitrogens is 1. The quantitative estimate of drug-likeness (QED) is 0.819. The number of H-pyrrole nitrogens is 1. The van der Waals surface area contributed by atoms with E-state index in [1.54, 1.807) is 7.11 Å². The number of ether oxygens (including phenoxy) is 1. The number of rotatable bonds is 1. The fourth-order valence-electron chi connectivity index (χ4n) is 2.26. The highest BCUT2D eigenvalue weighted by Crippen LogP contribution is 2.34. The van der Waals surface area contributed by atoms with Crippen molar-refractivity contribution in [3.05, 3.63) is 27.0 Å². The number of ketones is 1. The van der Waals surface area contributed by atoms with E-state index in [2.05, 4.69) is 27.6 Å². The summed E-state index contributed by atoms with van der Waals surface area (Å²) >= 11 is 2.26. The van der Waals surface area contributed by atoms with E-state index in [1.165, 1.54) is 0 Å². The Morgan fingerprint density at radius 3 is 2.94 bits per heavy atom. The van der Waals surface area contributed by atoms with Crippen molar-refractivity contribution in [3.8, 4) is 5.75 Å². The molecule has 1 heterocycles. The van der Waals surface area contributed by atoms with Crippen molar-refractivity contribution in [1.29, 1.82) is 0 Å². The first-order valence-corrected chi connectivity index (χ1v) is 6.20. The highest BCUT2D eigenvalue weighted by Gasteiger charge is 2.25. The Morgan fingerprint density at radius 2 is 2.19 bits per heavy atom. The maximum Gasteiger partial charge on any atom is 0.179 e. The molecule has 0 spiro atoms. The van der Waals surface area contributed by atoms with Crippen LogP contribution in [0.4, 0.5) is 0 Å². The standard InChI is InChI=1S/C12H10INO2/c1-16-6-4-8-7-2-3-10(15)12(7)14-11(8)9(13)5-6/h4-5,14H,2-3H2,1H3. The number of hydrogen-bond donors (Lipinski definition) is 1. The topological polar surface area (TPSA) is 42.1 Å². The molecule has 0 aliphatic heterocycles. The summed E-state index contributed by atoms with van der Waals surface area (Å²) in [4.78, 5) is 14.9. The third kappa shape index (κ3) is 1.29. The van der Waals surface area contributed by atoms with Gasteiger partial charge in [-0.2, -0.15) is 0 Å². The Morgan fingerprint density at radius 1 is 1.38 bits per heavy atom. The minimum atomic E-state index is 0.223. The molecule has 0 atom stereocenters. The average Bonchev–Trinajstić information content (AvgIpc) is 2.80. The molecule has 82 valence electrons. The second kappa shape index (κ2) is 3.48. The number of hydrogen-bond acceptors (Lipinski definition) is 2. The number of nitrogens with one attached hydrogen (secondary N) is 1. The normalized spacial score (nSPS) is 14.5. The van der Waals surface area contributed by atoms with Gasteiger partial charge in [-0.3, -0.25) is 4.79 Å². The van der Waals surface area contributed by atoms with E-state index in [-0.39, 0.29) is 5.78 Å². The van der Waals surface area contributed by atoms with Gasteiger partial charge in [0.1, 0.15) is 5.75 Å². The van der Waals surface area contributed by atoms with Gasteiger partial charge in [0.05, 0.1) is 18.3 Å². The molecule has 0 saturated carbocycles. The van der Waals surface area contributed by atoms with Crippen LogP contribution in [0.2, 0.25) is 0 Å². The maximum atomic E-state index is 11.6. The van der Waals surface area contributed by atoms with Crippen LogP contribution in [0.1, 0.15) is 22.5 Å². The minimum Gasteiger partial charge on any atom is -0.497 e. The molecule has 3 rings (SSSR count). The van der Waals surface area contributed by atoms with Crippen molar-refractivity contribution in [2.24, 2.45) is 0 Å². The predicted octanol–water partition coefficient (Wildman–Crippen LogP) is 2.91. The van der Waals surface area contributed by atoms with E-state index in [0.29, 0.717) is 6.42 Å². The smallest absolute Gasteiger partial charge is 0.179 e. The van der Waals surface area contributed by atoms with Gasteiger partial charge in [0, 0.05) is 15.4 Å². The van der Waals surface area contributed by atoms with Crippen molar-refractivity contribution in [1.82, 2.24) is 4.98 Å². The fourth-order valence-corrected chi connectivity index (χ4v) is 2.99. The largest absolute Gasteiger partial charge is 0.497 e. The van der Waals surface area contributed by atoms with E-state index in [9.17, 15) is 4.79 Å². The Bertz CT molecular complexity index is 601. The fraction of sp³-hybridized carbons (Fsp3) is 0.250. The zero-order valence-electron chi connectivity index (χ0n) is 8.76. The second-order valence-corrected chi connectivity index (χ2v) is 5.10. The molecule has 16 heavy (non-hydrogen) atoms. The minimum absolute atomic E-state index is 0.223. The summed E-state index contributed by atoms with van der Waals surface area (Å²) in [7, 11) is 1.66. The van der Waals surface area contributed by atoms with E-state index in [4.69, 9.17) is 4.74 Å². The Balaban J connectivity index is 2.37. The van der Waals surface area contributed by atoms with Gasteiger partial charge >= 0.3 is 0 Å². The molecular formula is C12H10INO2. The number of fused-ring (bicyclic) bond motifs is 3. The van der Waals surface area contributed by atoms with Gasteiger partial charge in [-0.05, 0) is 46.7 Å². The lowest BCUT2D eigenvalue weighted by molar-refractivity contribution is 0.0991. The molecule has 1 N–H and O–H groups in total. The molecule has 1 aromatic carbocycles. The van der Waals surface area contributed by atoms with Crippen molar-refractivity contribution in [2.45, 2.75) is 12.8 Å². The summed E-state index contributed by atoms with van der Waals surface area (Å²) in [6, 6.07) is 3.98. The van der Waals surface area contributed by atoms with Crippen LogP contribution in [-0.4, -0.2) is 17.9 Å². The van der Waals surface area contributed by atoms with E-state index < -0.39 is 0 Å². The van der Waals surface area contributed by atoms with Crippen LogP contribution in [0.25, 0.3) is 10.9 Å². The number of aryl methyl sites for hydroxylation is 1. The predicted molar refractivity (Wildman–Crippen MR) is 70.2 cm³/mol. The van der Waals surface area contributed by atoms with E-state index in [1.807, 2.05) is 12.1 Å². The summed E-state index contributed by atoms with van der Waals surface area (Å²) in [6.07, 6.45) is 1.47. The molecule has 0 amide bonds. The first kappa shape index (κ1) is 10.1. The highest BCUT2D eigenvalue weighted by atomic mass is 127. The van der Waals surface area contributed by atoms with Crippen molar-refractivity contribution in [2.75, 3.05) is 7.11 Å². The summed E-state index contributed by atoms with van der Waals surface area (Å²) < 4.78 is 6.35. The maximum absolute atomic E-state index is 11.6. The van der Waals surface area contributed by atoms with Gasteiger partial charge in [0.25, 0.3) is 0 Å². The molecule has 0 fully saturated rings. The molecule has 1 aliphatic rings. The van der Waals surface area contributed by atoms with Crippen molar-refractivity contribution >= 4 is 39.3 Å². The lowest BCUT2D eigenvalue weighted by atomic mass is 10.1. The number of carbonyl (C=O) groups excluding carboxylic acids is 1. The van der Waals surface area contributed by atoms with E-state index >= 15 is 0 Å². The van der Waals surface area contributed by atoms with Gasteiger partial charge in [-0.15, -0.1) is 0 Å². The SMILES string of the molecule is COc1cc(I)c2[nH]c3c(c2c1)CCC3=O. The zero-order valence-corrected chi connectivity index (χ0v) is 10.9. The monoisotopic (exact) mass is 327 g/mol. The van der Waals surface area contributed by atoms with Gasteiger partial charge in [0.2, 0.25) is 0 Å². The van der Waals surface area contributed by atoms with Crippen LogP contribution in [0.3, 0.4) is 0 Å². The van der Waals surface area contributed by atoms with Crippen LogP contribution in [-0.2, 0) is 6.42 Å². The van der Waals surface area contributed by atoms with Crippen LogP contribution >= 0.6 is 22.6 Å². The number of aromatic amines is 1.